The Bertz CT molecular complexity index is 657. The Kier molecular flexibility index (Phi) is 4.94. The van der Waals surface area contributed by atoms with Gasteiger partial charge in [0.25, 0.3) is 0 Å². The van der Waals surface area contributed by atoms with Gasteiger partial charge in [-0.05, 0) is 42.8 Å². The standard InChI is InChI=1S/C17H16N2O2/c1-2-21-16-8-6-13(7-9-16)11-17(20)19-15-5-3-4-14(10-15)12-18/h3-10H,2,11H2,1H3,(H,19,20). The number of hydrogen-bond donors (Lipinski definition) is 1. The normalized spacial score (nSPS) is 9.71. The van der Waals surface area contributed by atoms with Crippen molar-refractivity contribution in [2.24, 2.45) is 0 Å². The van der Waals surface area contributed by atoms with Crippen LogP contribution in [0.15, 0.2) is 48.5 Å². The van der Waals surface area contributed by atoms with Crippen molar-refractivity contribution in [3.8, 4) is 11.8 Å². The molecule has 4 nitrogen and oxygen atoms in total. The Morgan fingerprint density at radius 2 is 2.00 bits per heavy atom. The number of nitriles is 1. The summed E-state index contributed by atoms with van der Waals surface area (Å²) in [6, 6.07) is 16.3. The monoisotopic (exact) mass is 280 g/mol. The van der Waals surface area contributed by atoms with Gasteiger partial charge in [0.1, 0.15) is 5.75 Å². The Labute approximate surface area is 124 Å². The molecule has 2 aromatic rings. The Balaban J connectivity index is 1.96. The molecule has 2 rings (SSSR count). The molecule has 0 unspecified atom stereocenters. The lowest BCUT2D eigenvalue weighted by Gasteiger charge is -2.07. The van der Waals surface area contributed by atoms with Crippen LogP contribution in [-0.4, -0.2) is 12.5 Å². The summed E-state index contributed by atoms with van der Waals surface area (Å²) in [6.07, 6.45) is 0.281. The van der Waals surface area contributed by atoms with Gasteiger partial charge in [-0.15, -0.1) is 0 Å². The first-order valence-corrected chi connectivity index (χ1v) is 6.73. The molecule has 0 radical (unpaired) electrons. The lowest BCUT2D eigenvalue weighted by atomic mass is 10.1. The van der Waals surface area contributed by atoms with Crippen LogP contribution >= 0.6 is 0 Å². The predicted octanol–water partition coefficient (Wildman–Crippen LogP) is 3.14. The molecule has 0 heterocycles. The Hall–Kier alpha value is -2.80. The van der Waals surface area contributed by atoms with Crippen LogP contribution in [0.25, 0.3) is 0 Å². The summed E-state index contributed by atoms with van der Waals surface area (Å²) >= 11 is 0. The van der Waals surface area contributed by atoms with Crippen molar-refractivity contribution in [2.75, 3.05) is 11.9 Å². The SMILES string of the molecule is CCOc1ccc(CC(=O)Nc2cccc(C#N)c2)cc1. The van der Waals surface area contributed by atoms with Gasteiger partial charge in [0, 0.05) is 5.69 Å². The van der Waals surface area contributed by atoms with Crippen LogP contribution in [0.2, 0.25) is 0 Å². The first-order chi connectivity index (χ1) is 10.2. The Morgan fingerprint density at radius 1 is 1.24 bits per heavy atom. The second-order valence-electron chi connectivity index (χ2n) is 4.49. The van der Waals surface area contributed by atoms with E-state index in [-0.39, 0.29) is 12.3 Å². The van der Waals surface area contributed by atoms with Crippen LogP contribution in [0.4, 0.5) is 5.69 Å². The fraction of sp³-hybridized carbons (Fsp3) is 0.176. The number of nitrogens with one attached hydrogen (secondary N) is 1. The summed E-state index contributed by atoms with van der Waals surface area (Å²) in [6.45, 7) is 2.55. The fourth-order valence-electron chi connectivity index (χ4n) is 1.93. The van der Waals surface area contributed by atoms with Gasteiger partial charge in [-0.3, -0.25) is 4.79 Å². The molecule has 0 aliphatic carbocycles. The summed E-state index contributed by atoms with van der Waals surface area (Å²) in [5, 5.41) is 11.6. The summed E-state index contributed by atoms with van der Waals surface area (Å²) in [5.41, 5.74) is 2.06. The average molecular weight is 280 g/mol. The quantitative estimate of drug-likeness (QED) is 0.915. The molecule has 0 aliphatic heterocycles. The minimum absolute atomic E-state index is 0.116. The highest BCUT2D eigenvalue weighted by molar-refractivity contribution is 5.92. The average Bonchev–Trinajstić information content (AvgIpc) is 2.49. The van der Waals surface area contributed by atoms with Gasteiger partial charge in [0.05, 0.1) is 24.7 Å². The second-order valence-corrected chi connectivity index (χ2v) is 4.49. The number of carbonyl (C=O) groups excluding carboxylic acids is 1. The molecule has 0 saturated heterocycles. The van der Waals surface area contributed by atoms with Crippen LogP contribution in [0.3, 0.4) is 0 Å². The highest BCUT2D eigenvalue weighted by atomic mass is 16.5. The molecular weight excluding hydrogens is 264 g/mol. The van der Waals surface area contributed by atoms with Gasteiger partial charge in [0.15, 0.2) is 0 Å². The number of amides is 1. The highest BCUT2D eigenvalue weighted by Crippen LogP contribution is 2.14. The molecule has 0 saturated carbocycles. The van der Waals surface area contributed by atoms with Crippen molar-refractivity contribution < 1.29 is 9.53 Å². The van der Waals surface area contributed by atoms with Crippen molar-refractivity contribution in [3.05, 3.63) is 59.7 Å². The molecule has 0 bridgehead atoms. The zero-order valence-corrected chi connectivity index (χ0v) is 11.8. The molecule has 2 aromatic carbocycles. The van der Waals surface area contributed by atoms with E-state index in [1.54, 1.807) is 24.3 Å². The minimum Gasteiger partial charge on any atom is -0.494 e. The smallest absolute Gasteiger partial charge is 0.228 e. The van der Waals surface area contributed by atoms with Crippen LogP contribution in [0.5, 0.6) is 5.75 Å². The largest absolute Gasteiger partial charge is 0.494 e. The van der Waals surface area contributed by atoms with E-state index in [9.17, 15) is 4.79 Å². The van der Waals surface area contributed by atoms with Crippen LogP contribution < -0.4 is 10.1 Å². The summed E-state index contributed by atoms with van der Waals surface area (Å²) < 4.78 is 5.36. The van der Waals surface area contributed by atoms with Crippen molar-refractivity contribution in [1.29, 1.82) is 5.26 Å². The maximum absolute atomic E-state index is 12.0. The molecule has 0 spiro atoms. The maximum Gasteiger partial charge on any atom is 0.228 e. The van der Waals surface area contributed by atoms with E-state index < -0.39 is 0 Å². The molecular formula is C17H16N2O2. The number of nitrogens with zero attached hydrogens (tertiary/aromatic N) is 1. The van der Waals surface area contributed by atoms with Crippen LogP contribution in [0.1, 0.15) is 18.1 Å². The fourth-order valence-corrected chi connectivity index (χ4v) is 1.93. The Morgan fingerprint density at radius 3 is 2.67 bits per heavy atom. The van der Waals surface area contributed by atoms with Crippen LogP contribution in [-0.2, 0) is 11.2 Å². The third-order valence-electron chi connectivity index (χ3n) is 2.87. The van der Waals surface area contributed by atoms with E-state index in [2.05, 4.69) is 5.32 Å². The van der Waals surface area contributed by atoms with E-state index in [1.807, 2.05) is 37.3 Å². The zero-order chi connectivity index (χ0) is 15.1. The molecule has 0 aromatic heterocycles. The van der Waals surface area contributed by atoms with Gasteiger partial charge >= 0.3 is 0 Å². The predicted molar refractivity (Wildman–Crippen MR) is 81.1 cm³/mol. The van der Waals surface area contributed by atoms with Crippen molar-refractivity contribution in [2.45, 2.75) is 13.3 Å². The van der Waals surface area contributed by atoms with Gasteiger partial charge in [0.2, 0.25) is 5.91 Å². The highest BCUT2D eigenvalue weighted by Gasteiger charge is 2.05. The molecule has 1 N–H and O–H groups in total. The number of hydrogen-bond acceptors (Lipinski definition) is 3. The lowest BCUT2D eigenvalue weighted by Crippen LogP contribution is -2.14. The van der Waals surface area contributed by atoms with Gasteiger partial charge in [-0.25, -0.2) is 0 Å². The summed E-state index contributed by atoms with van der Waals surface area (Å²) in [5.74, 6) is 0.678. The van der Waals surface area contributed by atoms with Crippen LogP contribution in [0, 0.1) is 11.3 Å². The lowest BCUT2D eigenvalue weighted by molar-refractivity contribution is -0.115. The minimum atomic E-state index is -0.116. The molecule has 106 valence electrons. The van der Waals surface area contributed by atoms with E-state index in [0.717, 1.165) is 11.3 Å². The van der Waals surface area contributed by atoms with E-state index in [0.29, 0.717) is 17.9 Å². The third-order valence-corrected chi connectivity index (χ3v) is 2.87. The molecule has 0 fully saturated rings. The van der Waals surface area contributed by atoms with E-state index in [4.69, 9.17) is 10.00 Å². The zero-order valence-electron chi connectivity index (χ0n) is 11.8. The maximum atomic E-state index is 12.0. The van der Waals surface area contributed by atoms with Gasteiger partial charge in [-0.2, -0.15) is 5.26 Å². The molecule has 4 heteroatoms. The molecule has 21 heavy (non-hydrogen) atoms. The topological polar surface area (TPSA) is 62.1 Å². The second kappa shape index (κ2) is 7.11. The summed E-state index contributed by atoms with van der Waals surface area (Å²) in [4.78, 5) is 12.0. The number of ether oxygens (including phenoxy) is 1. The van der Waals surface area contributed by atoms with Gasteiger partial charge < -0.3 is 10.1 Å². The number of benzene rings is 2. The van der Waals surface area contributed by atoms with E-state index in [1.165, 1.54) is 0 Å². The molecule has 0 atom stereocenters. The van der Waals surface area contributed by atoms with Gasteiger partial charge in [-0.1, -0.05) is 18.2 Å². The third kappa shape index (κ3) is 4.36. The summed E-state index contributed by atoms with van der Waals surface area (Å²) in [7, 11) is 0. The molecule has 0 aliphatic rings. The number of carbonyl (C=O) groups is 1. The van der Waals surface area contributed by atoms with Crippen molar-refractivity contribution in [1.82, 2.24) is 0 Å². The number of rotatable bonds is 5. The van der Waals surface area contributed by atoms with Crippen molar-refractivity contribution >= 4 is 11.6 Å². The molecule has 1 amide bonds. The van der Waals surface area contributed by atoms with E-state index >= 15 is 0 Å². The first-order valence-electron chi connectivity index (χ1n) is 6.73. The number of anilines is 1. The first kappa shape index (κ1) is 14.6. The van der Waals surface area contributed by atoms with Crippen molar-refractivity contribution in [3.63, 3.8) is 0 Å².